The normalized spacial score (nSPS) is 10.7. The predicted octanol–water partition coefficient (Wildman–Crippen LogP) is 3.93. The van der Waals surface area contributed by atoms with Crippen molar-refractivity contribution >= 4 is 23.5 Å². The second kappa shape index (κ2) is 5.46. The van der Waals surface area contributed by atoms with Gasteiger partial charge in [0.15, 0.2) is 0 Å². The summed E-state index contributed by atoms with van der Waals surface area (Å²) in [6, 6.07) is 13.5. The quantitative estimate of drug-likeness (QED) is 0.646. The number of hydrogen-bond donors (Lipinski definition) is 1. The van der Waals surface area contributed by atoms with Crippen LogP contribution < -0.4 is 5.43 Å². The average molecular weight is 249 g/mol. The van der Waals surface area contributed by atoms with Crippen molar-refractivity contribution in [2.45, 2.75) is 0 Å². The largest absolute Gasteiger partial charge is 0.279 e. The Bertz CT molecular complexity index is 523. The molecule has 2 rings (SSSR count). The smallest absolute Gasteiger partial charge is 0.132 e. The first-order valence-corrected chi connectivity index (χ1v) is 5.43. The van der Waals surface area contributed by atoms with Crippen LogP contribution in [-0.4, -0.2) is 6.21 Å². The molecule has 4 heteroatoms. The molecule has 2 nitrogen and oxygen atoms in total. The first-order chi connectivity index (χ1) is 8.25. The van der Waals surface area contributed by atoms with Crippen molar-refractivity contribution in [3.8, 4) is 0 Å². The molecule has 1 N–H and O–H groups in total. The lowest BCUT2D eigenvalue weighted by Gasteiger charge is -1.99. The van der Waals surface area contributed by atoms with E-state index in [-0.39, 0.29) is 5.82 Å². The molecule has 2 aromatic carbocycles. The van der Waals surface area contributed by atoms with Gasteiger partial charge in [0.05, 0.1) is 11.9 Å². The van der Waals surface area contributed by atoms with Crippen molar-refractivity contribution in [3.63, 3.8) is 0 Å². The highest BCUT2D eigenvalue weighted by Gasteiger charge is 1.95. The van der Waals surface area contributed by atoms with E-state index in [4.69, 9.17) is 11.6 Å². The maximum absolute atomic E-state index is 13.2. The Balaban J connectivity index is 2.03. The van der Waals surface area contributed by atoms with E-state index in [9.17, 15) is 4.39 Å². The molecule has 0 radical (unpaired) electrons. The molecule has 0 unspecified atom stereocenters. The van der Waals surface area contributed by atoms with Crippen LogP contribution in [0.1, 0.15) is 5.56 Å². The van der Waals surface area contributed by atoms with Crippen molar-refractivity contribution in [1.82, 2.24) is 0 Å². The summed E-state index contributed by atoms with van der Waals surface area (Å²) in [4.78, 5) is 0. The Morgan fingerprint density at radius 2 is 1.76 bits per heavy atom. The molecule has 0 saturated heterocycles. The van der Waals surface area contributed by atoms with Crippen LogP contribution in [0.15, 0.2) is 53.6 Å². The fraction of sp³-hybridized carbons (Fsp3) is 0. The summed E-state index contributed by atoms with van der Waals surface area (Å²) in [5.41, 5.74) is 4.02. The van der Waals surface area contributed by atoms with Crippen molar-refractivity contribution in [1.29, 1.82) is 0 Å². The number of nitrogens with zero attached hydrogens (tertiary/aromatic N) is 1. The molecule has 0 aromatic heterocycles. The third-order valence-corrected chi connectivity index (χ3v) is 2.40. The highest BCUT2D eigenvalue weighted by atomic mass is 35.5. The minimum Gasteiger partial charge on any atom is -0.279 e. The van der Waals surface area contributed by atoms with E-state index in [1.165, 1.54) is 12.3 Å². The zero-order valence-corrected chi connectivity index (χ0v) is 9.66. The van der Waals surface area contributed by atoms with Gasteiger partial charge in [0.1, 0.15) is 5.82 Å². The molecular formula is C13H10ClFN2. The molecule has 0 aliphatic carbocycles. The standard InChI is InChI=1S/C13H10ClFN2/c14-11-5-7-12(8-6-11)17-16-9-10-3-1-2-4-13(10)15/h1-9,17H. The van der Waals surface area contributed by atoms with Crippen LogP contribution in [0.3, 0.4) is 0 Å². The Kier molecular flexibility index (Phi) is 3.73. The summed E-state index contributed by atoms with van der Waals surface area (Å²) >= 11 is 5.75. The SMILES string of the molecule is Fc1ccccc1C=NNc1ccc(Cl)cc1. The summed E-state index contributed by atoms with van der Waals surface area (Å²) in [6.07, 6.45) is 1.43. The van der Waals surface area contributed by atoms with Gasteiger partial charge in [0.25, 0.3) is 0 Å². The van der Waals surface area contributed by atoms with Crippen LogP contribution in [0.25, 0.3) is 0 Å². The molecule has 0 bridgehead atoms. The summed E-state index contributed by atoms with van der Waals surface area (Å²) in [7, 11) is 0. The lowest BCUT2D eigenvalue weighted by Crippen LogP contribution is -1.92. The lowest BCUT2D eigenvalue weighted by molar-refractivity contribution is 0.626. The predicted molar refractivity (Wildman–Crippen MR) is 69.1 cm³/mol. The number of halogens is 2. The third-order valence-electron chi connectivity index (χ3n) is 2.15. The minimum absolute atomic E-state index is 0.297. The van der Waals surface area contributed by atoms with E-state index >= 15 is 0 Å². The number of anilines is 1. The molecular weight excluding hydrogens is 239 g/mol. The van der Waals surface area contributed by atoms with Gasteiger partial charge in [-0.25, -0.2) is 4.39 Å². The second-order valence-electron chi connectivity index (χ2n) is 3.40. The van der Waals surface area contributed by atoms with Gasteiger partial charge in [-0.15, -0.1) is 0 Å². The molecule has 0 heterocycles. The fourth-order valence-electron chi connectivity index (χ4n) is 1.28. The molecule has 86 valence electrons. The Hall–Kier alpha value is -1.87. The van der Waals surface area contributed by atoms with Gasteiger partial charge in [-0.3, -0.25) is 5.43 Å². The molecule has 0 saturated carbocycles. The van der Waals surface area contributed by atoms with E-state index in [0.717, 1.165) is 5.69 Å². The number of rotatable bonds is 3. The highest BCUT2D eigenvalue weighted by Crippen LogP contribution is 2.13. The van der Waals surface area contributed by atoms with Crippen molar-refractivity contribution < 1.29 is 4.39 Å². The zero-order chi connectivity index (χ0) is 12.1. The Morgan fingerprint density at radius 1 is 1.06 bits per heavy atom. The van der Waals surface area contributed by atoms with E-state index < -0.39 is 0 Å². The second-order valence-corrected chi connectivity index (χ2v) is 3.83. The van der Waals surface area contributed by atoms with Crippen molar-refractivity contribution in [3.05, 3.63) is 64.9 Å². The maximum Gasteiger partial charge on any atom is 0.132 e. The van der Waals surface area contributed by atoms with E-state index in [2.05, 4.69) is 10.5 Å². The molecule has 0 amide bonds. The van der Waals surface area contributed by atoms with Gasteiger partial charge in [0.2, 0.25) is 0 Å². The van der Waals surface area contributed by atoms with E-state index in [1.807, 2.05) is 0 Å². The Labute approximate surface area is 104 Å². The van der Waals surface area contributed by atoms with E-state index in [0.29, 0.717) is 10.6 Å². The van der Waals surface area contributed by atoms with Crippen LogP contribution in [0.2, 0.25) is 5.02 Å². The van der Waals surface area contributed by atoms with Crippen LogP contribution >= 0.6 is 11.6 Å². The van der Waals surface area contributed by atoms with E-state index in [1.54, 1.807) is 42.5 Å². The van der Waals surface area contributed by atoms with Crippen LogP contribution in [0.4, 0.5) is 10.1 Å². The fourth-order valence-corrected chi connectivity index (χ4v) is 1.41. The van der Waals surface area contributed by atoms with Crippen LogP contribution in [-0.2, 0) is 0 Å². The number of nitrogens with one attached hydrogen (secondary N) is 1. The average Bonchev–Trinajstić information content (AvgIpc) is 2.34. The first kappa shape index (κ1) is 11.6. The molecule has 2 aromatic rings. The van der Waals surface area contributed by atoms with Gasteiger partial charge < -0.3 is 0 Å². The summed E-state index contributed by atoms with van der Waals surface area (Å²) in [5, 5.41) is 4.61. The maximum atomic E-state index is 13.2. The minimum atomic E-state index is -0.297. The van der Waals surface area contributed by atoms with Gasteiger partial charge in [-0.05, 0) is 30.3 Å². The lowest BCUT2D eigenvalue weighted by atomic mass is 10.2. The summed E-state index contributed by atoms with van der Waals surface area (Å²) in [6.45, 7) is 0. The first-order valence-electron chi connectivity index (χ1n) is 5.05. The van der Waals surface area contributed by atoms with Crippen molar-refractivity contribution in [2.24, 2.45) is 5.10 Å². The van der Waals surface area contributed by atoms with Crippen molar-refractivity contribution in [2.75, 3.05) is 5.43 Å². The monoisotopic (exact) mass is 248 g/mol. The Morgan fingerprint density at radius 3 is 2.47 bits per heavy atom. The molecule has 0 spiro atoms. The zero-order valence-electron chi connectivity index (χ0n) is 8.90. The third kappa shape index (κ3) is 3.29. The highest BCUT2D eigenvalue weighted by molar-refractivity contribution is 6.30. The van der Waals surface area contributed by atoms with Gasteiger partial charge in [-0.2, -0.15) is 5.10 Å². The molecule has 0 aliphatic heterocycles. The molecule has 0 fully saturated rings. The van der Waals surface area contributed by atoms with Crippen LogP contribution in [0.5, 0.6) is 0 Å². The number of hydrogen-bond acceptors (Lipinski definition) is 2. The van der Waals surface area contributed by atoms with Gasteiger partial charge in [-0.1, -0.05) is 29.8 Å². The van der Waals surface area contributed by atoms with Gasteiger partial charge in [0, 0.05) is 10.6 Å². The summed E-state index contributed by atoms with van der Waals surface area (Å²) < 4.78 is 13.2. The summed E-state index contributed by atoms with van der Waals surface area (Å²) in [5.74, 6) is -0.297. The van der Waals surface area contributed by atoms with Crippen LogP contribution in [0, 0.1) is 5.82 Å². The molecule has 17 heavy (non-hydrogen) atoms. The molecule has 0 aliphatic rings. The number of benzene rings is 2. The van der Waals surface area contributed by atoms with Gasteiger partial charge >= 0.3 is 0 Å². The number of hydrazone groups is 1. The topological polar surface area (TPSA) is 24.4 Å². The molecule has 0 atom stereocenters.